The Morgan fingerprint density at radius 1 is 0.821 bits per heavy atom. The van der Waals surface area contributed by atoms with Gasteiger partial charge in [-0.2, -0.15) is 0 Å². The second-order valence-electron chi connectivity index (χ2n) is 9.98. The Labute approximate surface area is 167 Å². The predicted molar refractivity (Wildman–Crippen MR) is 115 cm³/mol. The molecule has 0 saturated heterocycles. The van der Waals surface area contributed by atoms with Gasteiger partial charge in [0.25, 0.3) is 0 Å². The van der Waals surface area contributed by atoms with Gasteiger partial charge in [-0.15, -0.1) is 0 Å². The molecule has 0 atom stereocenters. The third kappa shape index (κ3) is 2.04. The number of rotatable bonds is 1. The maximum atomic E-state index is 11.0. The van der Waals surface area contributed by atoms with Gasteiger partial charge in [-0.05, 0) is 75.6 Å². The van der Waals surface area contributed by atoms with E-state index in [0.717, 1.165) is 29.4 Å². The summed E-state index contributed by atoms with van der Waals surface area (Å²) in [6, 6.07) is 16.9. The van der Waals surface area contributed by atoms with Crippen LogP contribution in [0.4, 0.5) is 0 Å². The van der Waals surface area contributed by atoms with Gasteiger partial charge in [0.15, 0.2) is 0 Å². The molecule has 1 N–H and O–H groups in total. The molecular formula is C26H28O2. The van der Waals surface area contributed by atoms with Gasteiger partial charge in [0.05, 0.1) is 7.11 Å². The highest BCUT2D eigenvalue weighted by Crippen LogP contribution is 2.68. The van der Waals surface area contributed by atoms with Crippen molar-refractivity contribution in [3.05, 3.63) is 59.7 Å². The predicted octanol–water partition coefficient (Wildman–Crippen LogP) is 6.67. The number of phenolic OH excluding ortho intramolecular Hbond substituents is 1. The molecule has 1 fully saturated rings. The van der Waals surface area contributed by atoms with E-state index in [4.69, 9.17) is 4.74 Å². The van der Waals surface area contributed by atoms with Crippen molar-refractivity contribution in [2.75, 3.05) is 7.11 Å². The second kappa shape index (κ2) is 5.31. The first-order valence-electron chi connectivity index (χ1n) is 10.1. The number of hydrogen-bond donors (Lipinski definition) is 1. The lowest BCUT2D eigenvalue weighted by Crippen LogP contribution is -2.25. The third-order valence-corrected chi connectivity index (χ3v) is 7.87. The van der Waals surface area contributed by atoms with Gasteiger partial charge >= 0.3 is 0 Å². The molecule has 2 heteroatoms. The van der Waals surface area contributed by atoms with E-state index in [2.05, 4.69) is 58.0 Å². The van der Waals surface area contributed by atoms with E-state index in [1.807, 2.05) is 18.2 Å². The lowest BCUT2D eigenvalue weighted by Gasteiger charge is -2.34. The van der Waals surface area contributed by atoms with Crippen LogP contribution < -0.4 is 4.74 Å². The Morgan fingerprint density at radius 2 is 1.50 bits per heavy atom. The number of fused-ring (bicyclic) bond motifs is 7. The van der Waals surface area contributed by atoms with E-state index in [0.29, 0.717) is 5.75 Å². The van der Waals surface area contributed by atoms with Crippen LogP contribution in [0.25, 0.3) is 21.9 Å². The van der Waals surface area contributed by atoms with Crippen molar-refractivity contribution in [3.8, 4) is 22.6 Å². The first-order valence-corrected chi connectivity index (χ1v) is 10.1. The third-order valence-electron chi connectivity index (χ3n) is 7.87. The first kappa shape index (κ1) is 17.6. The zero-order chi connectivity index (χ0) is 19.9. The summed E-state index contributed by atoms with van der Waals surface area (Å²) in [5, 5.41) is 13.0. The van der Waals surface area contributed by atoms with Gasteiger partial charge in [0.1, 0.15) is 11.5 Å². The molecule has 144 valence electrons. The van der Waals surface area contributed by atoms with Crippen LogP contribution in [0, 0.1) is 10.8 Å². The van der Waals surface area contributed by atoms with E-state index in [-0.39, 0.29) is 16.2 Å². The summed E-state index contributed by atoms with van der Waals surface area (Å²) in [5.41, 5.74) is 5.72. The van der Waals surface area contributed by atoms with E-state index in [1.165, 1.54) is 22.3 Å². The number of ether oxygens (including phenoxy) is 1. The van der Waals surface area contributed by atoms with Crippen LogP contribution >= 0.6 is 0 Å². The molecule has 0 aromatic heterocycles. The Morgan fingerprint density at radius 3 is 2.18 bits per heavy atom. The lowest BCUT2D eigenvalue weighted by atomic mass is 9.71. The smallest absolute Gasteiger partial charge is 0.123 e. The zero-order valence-corrected chi connectivity index (χ0v) is 17.4. The summed E-state index contributed by atoms with van der Waals surface area (Å²) in [7, 11) is 1.67. The van der Waals surface area contributed by atoms with Gasteiger partial charge in [0, 0.05) is 10.8 Å². The van der Waals surface area contributed by atoms with Crippen LogP contribution in [0.5, 0.6) is 11.5 Å². The maximum Gasteiger partial charge on any atom is 0.123 e. The standard InChI is InChI=1S/C26H28O2/c1-24(2)14-26(15-25(24,3)4)20-9-7-6-8-18(20)23-17-11-10-16(28-5)12-19(17)22(27)13-21(23)26/h6-13,27H,14-15H2,1-5H3. The molecule has 2 aliphatic carbocycles. The Hall–Kier alpha value is -2.48. The van der Waals surface area contributed by atoms with E-state index in [9.17, 15) is 5.11 Å². The summed E-state index contributed by atoms with van der Waals surface area (Å²) in [5.74, 6) is 1.12. The van der Waals surface area contributed by atoms with Crippen LogP contribution in [0.15, 0.2) is 48.5 Å². The minimum Gasteiger partial charge on any atom is -0.507 e. The Kier molecular flexibility index (Phi) is 3.34. The van der Waals surface area contributed by atoms with E-state index >= 15 is 0 Å². The van der Waals surface area contributed by atoms with E-state index in [1.54, 1.807) is 7.11 Å². The Balaban J connectivity index is 1.89. The molecule has 3 aromatic carbocycles. The molecule has 0 amide bonds. The summed E-state index contributed by atoms with van der Waals surface area (Å²) >= 11 is 0. The largest absolute Gasteiger partial charge is 0.507 e. The molecule has 2 nitrogen and oxygen atoms in total. The summed E-state index contributed by atoms with van der Waals surface area (Å²) in [6.45, 7) is 9.59. The van der Waals surface area contributed by atoms with Crippen LogP contribution in [0.1, 0.15) is 51.7 Å². The first-order chi connectivity index (χ1) is 13.2. The second-order valence-corrected chi connectivity index (χ2v) is 9.98. The molecule has 0 unspecified atom stereocenters. The Bertz CT molecular complexity index is 1100. The molecule has 0 bridgehead atoms. The van der Waals surface area contributed by atoms with Crippen LogP contribution in [0.3, 0.4) is 0 Å². The highest BCUT2D eigenvalue weighted by atomic mass is 16.5. The number of benzene rings is 3. The van der Waals surface area contributed by atoms with Gasteiger partial charge in [-0.25, -0.2) is 0 Å². The van der Waals surface area contributed by atoms with Crippen molar-refractivity contribution in [2.45, 2.75) is 46.0 Å². The van der Waals surface area contributed by atoms with Gasteiger partial charge < -0.3 is 9.84 Å². The highest BCUT2D eigenvalue weighted by Gasteiger charge is 2.58. The maximum absolute atomic E-state index is 11.0. The molecule has 1 saturated carbocycles. The van der Waals surface area contributed by atoms with Gasteiger partial charge in [-0.3, -0.25) is 0 Å². The average Bonchev–Trinajstić information content (AvgIpc) is 3.02. The normalized spacial score (nSPS) is 20.3. The van der Waals surface area contributed by atoms with Crippen LogP contribution in [-0.4, -0.2) is 12.2 Å². The molecular weight excluding hydrogens is 344 g/mol. The summed E-state index contributed by atoms with van der Waals surface area (Å²) < 4.78 is 5.40. The number of aromatic hydroxyl groups is 1. The van der Waals surface area contributed by atoms with Gasteiger partial charge in [-0.1, -0.05) is 52.0 Å². The quantitative estimate of drug-likeness (QED) is 0.517. The van der Waals surface area contributed by atoms with Crippen molar-refractivity contribution >= 4 is 10.8 Å². The minimum atomic E-state index is -0.0372. The van der Waals surface area contributed by atoms with Crippen molar-refractivity contribution < 1.29 is 9.84 Å². The van der Waals surface area contributed by atoms with Gasteiger partial charge in [0.2, 0.25) is 0 Å². The van der Waals surface area contributed by atoms with Crippen LogP contribution in [-0.2, 0) is 5.41 Å². The highest BCUT2D eigenvalue weighted by molar-refractivity contribution is 6.05. The minimum absolute atomic E-state index is 0.0372. The van der Waals surface area contributed by atoms with Crippen LogP contribution in [0.2, 0.25) is 0 Å². The molecule has 2 aliphatic rings. The fourth-order valence-corrected chi connectivity index (χ4v) is 5.87. The SMILES string of the molecule is COc1ccc2c3c(cc(O)c2c1)C1(CC(C)(C)C(C)(C)C1)c1ccccc1-3. The van der Waals surface area contributed by atoms with Crippen molar-refractivity contribution in [1.82, 2.24) is 0 Å². The molecule has 3 aromatic rings. The monoisotopic (exact) mass is 372 g/mol. The molecule has 5 rings (SSSR count). The average molecular weight is 373 g/mol. The molecule has 28 heavy (non-hydrogen) atoms. The summed E-state index contributed by atoms with van der Waals surface area (Å²) in [6.07, 6.45) is 2.19. The number of hydrogen-bond acceptors (Lipinski definition) is 2. The lowest BCUT2D eigenvalue weighted by molar-refractivity contribution is 0.157. The topological polar surface area (TPSA) is 29.5 Å². The zero-order valence-electron chi connectivity index (χ0n) is 17.4. The van der Waals surface area contributed by atoms with Crippen molar-refractivity contribution in [1.29, 1.82) is 0 Å². The van der Waals surface area contributed by atoms with E-state index < -0.39 is 0 Å². The number of methoxy groups -OCH3 is 1. The summed E-state index contributed by atoms with van der Waals surface area (Å²) in [4.78, 5) is 0. The molecule has 0 aliphatic heterocycles. The fraction of sp³-hybridized carbons (Fsp3) is 0.385. The van der Waals surface area contributed by atoms with Crippen molar-refractivity contribution in [3.63, 3.8) is 0 Å². The molecule has 1 spiro atoms. The molecule has 0 heterocycles. The van der Waals surface area contributed by atoms with Crippen molar-refractivity contribution in [2.24, 2.45) is 10.8 Å². The molecule has 0 radical (unpaired) electrons. The fourth-order valence-electron chi connectivity index (χ4n) is 5.87. The number of phenols is 1.